The highest BCUT2D eigenvalue weighted by molar-refractivity contribution is 6.32. The number of aromatic nitrogens is 1. The van der Waals surface area contributed by atoms with Gasteiger partial charge in [-0.2, -0.15) is 0 Å². The fourth-order valence-corrected chi connectivity index (χ4v) is 2.53. The van der Waals surface area contributed by atoms with E-state index in [1.807, 2.05) is 62.7 Å². The van der Waals surface area contributed by atoms with Gasteiger partial charge in [0.1, 0.15) is 12.4 Å². The summed E-state index contributed by atoms with van der Waals surface area (Å²) in [6.45, 7) is 4.59. The minimum atomic E-state index is -0.0446. The molecule has 3 rings (SSSR count). The number of hydrogen-bond donors (Lipinski definition) is 2. The Morgan fingerprint density at radius 2 is 2.26 bits per heavy atom. The second-order valence-corrected chi connectivity index (χ2v) is 6.03. The van der Waals surface area contributed by atoms with E-state index in [0.717, 1.165) is 11.4 Å². The molecule has 1 atom stereocenters. The Labute approximate surface area is 141 Å². The third-order valence-corrected chi connectivity index (χ3v) is 3.88. The van der Waals surface area contributed by atoms with Gasteiger partial charge in [0.15, 0.2) is 6.29 Å². The summed E-state index contributed by atoms with van der Waals surface area (Å²) in [5.74, 6) is 0.674. The molecule has 0 saturated heterocycles. The number of nitrogens with zero attached hydrogens (tertiary/aromatic N) is 1. The van der Waals surface area contributed by atoms with Crippen LogP contribution in [0.15, 0.2) is 54.4 Å². The minimum Gasteiger partial charge on any atom is -0.488 e. The average molecular weight is 330 g/mol. The number of rotatable bonds is 5. The number of anilines is 1. The van der Waals surface area contributed by atoms with Crippen LogP contribution in [0.2, 0.25) is 5.02 Å². The van der Waals surface area contributed by atoms with Crippen molar-refractivity contribution in [2.45, 2.75) is 20.1 Å². The topological polar surface area (TPSA) is 38.2 Å². The van der Waals surface area contributed by atoms with Gasteiger partial charge < -0.3 is 19.9 Å². The fraction of sp³-hybridized carbons (Fsp3) is 0.222. The lowest BCUT2D eigenvalue weighted by Crippen LogP contribution is -2.32. The maximum absolute atomic E-state index is 6.21. The summed E-state index contributed by atoms with van der Waals surface area (Å²) in [6.07, 6.45) is 7.99. The van der Waals surface area contributed by atoms with Crippen LogP contribution in [0, 0.1) is 0 Å². The van der Waals surface area contributed by atoms with Crippen LogP contribution in [0.4, 0.5) is 5.69 Å². The molecular weight excluding hydrogens is 310 g/mol. The molecule has 23 heavy (non-hydrogen) atoms. The predicted octanol–water partition coefficient (Wildman–Crippen LogP) is 4.63. The van der Waals surface area contributed by atoms with E-state index >= 15 is 0 Å². The standard InChI is InChI=1S/C18H20ClN3O/c1-13(2)8-11-23-17-12-14(5-6-16(17)19)21-18-20-9-7-15-4-3-10-22(15)18/h3-10,12,18,20-21H,11H2,1-2H3. The van der Waals surface area contributed by atoms with Crippen LogP contribution < -0.4 is 15.4 Å². The van der Waals surface area contributed by atoms with E-state index in [-0.39, 0.29) is 6.29 Å². The van der Waals surface area contributed by atoms with E-state index in [0.29, 0.717) is 17.4 Å². The van der Waals surface area contributed by atoms with Crippen LogP contribution in [-0.4, -0.2) is 11.2 Å². The summed E-state index contributed by atoms with van der Waals surface area (Å²) in [5, 5.41) is 7.33. The molecule has 1 aliphatic rings. The number of allylic oxidation sites excluding steroid dienone is 1. The molecular formula is C18H20ClN3O. The van der Waals surface area contributed by atoms with Crippen LogP contribution in [0.1, 0.15) is 25.8 Å². The zero-order valence-corrected chi connectivity index (χ0v) is 14.0. The second kappa shape index (κ2) is 6.84. The number of benzene rings is 1. The zero-order valence-electron chi connectivity index (χ0n) is 13.2. The molecule has 0 spiro atoms. The third-order valence-electron chi connectivity index (χ3n) is 3.56. The lowest BCUT2D eigenvalue weighted by molar-refractivity contribution is 0.362. The number of ether oxygens (including phenoxy) is 1. The van der Waals surface area contributed by atoms with Crippen molar-refractivity contribution < 1.29 is 4.74 Å². The summed E-state index contributed by atoms with van der Waals surface area (Å²) < 4.78 is 7.87. The van der Waals surface area contributed by atoms with Gasteiger partial charge in [0.25, 0.3) is 0 Å². The largest absolute Gasteiger partial charge is 0.488 e. The van der Waals surface area contributed by atoms with Crippen molar-refractivity contribution in [3.05, 3.63) is 65.1 Å². The lowest BCUT2D eigenvalue weighted by atomic mass is 10.3. The first-order valence-electron chi connectivity index (χ1n) is 7.55. The second-order valence-electron chi connectivity index (χ2n) is 5.62. The average Bonchev–Trinajstić information content (AvgIpc) is 2.99. The van der Waals surface area contributed by atoms with Crippen LogP contribution >= 0.6 is 11.6 Å². The smallest absolute Gasteiger partial charge is 0.179 e. The van der Waals surface area contributed by atoms with Gasteiger partial charge >= 0.3 is 0 Å². The number of fused-ring (bicyclic) bond motifs is 1. The highest BCUT2D eigenvalue weighted by atomic mass is 35.5. The summed E-state index contributed by atoms with van der Waals surface area (Å²) >= 11 is 6.21. The monoisotopic (exact) mass is 329 g/mol. The van der Waals surface area contributed by atoms with Gasteiger partial charge in [0.2, 0.25) is 0 Å². The predicted molar refractivity (Wildman–Crippen MR) is 95.6 cm³/mol. The van der Waals surface area contributed by atoms with Crippen molar-refractivity contribution in [2.24, 2.45) is 0 Å². The van der Waals surface area contributed by atoms with Crippen LogP contribution in [0.3, 0.4) is 0 Å². The van der Waals surface area contributed by atoms with Gasteiger partial charge in [-0.3, -0.25) is 0 Å². The molecule has 0 bridgehead atoms. The molecule has 1 aliphatic heterocycles. The molecule has 0 amide bonds. The van der Waals surface area contributed by atoms with E-state index in [2.05, 4.69) is 21.3 Å². The highest BCUT2D eigenvalue weighted by Crippen LogP contribution is 2.29. The first-order chi connectivity index (χ1) is 11.1. The number of halogens is 1. The van der Waals surface area contributed by atoms with Gasteiger partial charge in [-0.15, -0.1) is 0 Å². The molecule has 0 saturated carbocycles. The molecule has 0 fully saturated rings. The molecule has 5 heteroatoms. The molecule has 1 unspecified atom stereocenters. The molecule has 2 aromatic rings. The Bertz CT molecular complexity index is 744. The minimum absolute atomic E-state index is 0.0446. The summed E-state index contributed by atoms with van der Waals surface area (Å²) in [6, 6.07) is 9.81. The summed E-state index contributed by atoms with van der Waals surface area (Å²) in [5.41, 5.74) is 3.30. The van der Waals surface area contributed by atoms with Crippen LogP contribution in [-0.2, 0) is 0 Å². The van der Waals surface area contributed by atoms with Gasteiger partial charge in [-0.25, -0.2) is 0 Å². The highest BCUT2D eigenvalue weighted by Gasteiger charge is 2.14. The maximum Gasteiger partial charge on any atom is 0.179 e. The van der Waals surface area contributed by atoms with Crippen molar-refractivity contribution in [2.75, 3.05) is 11.9 Å². The summed E-state index contributed by atoms with van der Waals surface area (Å²) in [7, 11) is 0. The Morgan fingerprint density at radius 3 is 3.09 bits per heavy atom. The molecule has 4 nitrogen and oxygen atoms in total. The van der Waals surface area contributed by atoms with Crippen molar-refractivity contribution in [3.63, 3.8) is 0 Å². The normalized spacial score (nSPS) is 15.5. The Hall–Kier alpha value is -2.33. The van der Waals surface area contributed by atoms with Gasteiger partial charge in [-0.1, -0.05) is 17.2 Å². The fourth-order valence-electron chi connectivity index (χ4n) is 2.36. The van der Waals surface area contributed by atoms with E-state index < -0.39 is 0 Å². The van der Waals surface area contributed by atoms with Crippen LogP contribution in [0.25, 0.3) is 6.08 Å². The number of hydrogen-bond acceptors (Lipinski definition) is 3. The molecule has 0 radical (unpaired) electrons. The summed E-state index contributed by atoms with van der Waals surface area (Å²) in [4.78, 5) is 0. The quantitative estimate of drug-likeness (QED) is 0.785. The SMILES string of the molecule is CC(C)=CCOc1cc(NC2NC=Cc3cccn32)ccc1Cl. The van der Waals surface area contributed by atoms with E-state index in [9.17, 15) is 0 Å². The Kier molecular flexibility index (Phi) is 4.63. The van der Waals surface area contributed by atoms with Crippen molar-refractivity contribution in [1.29, 1.82) is 0 Å². The number of nitrogens with one attached hydrogen (secondary N) is 2. The van der Waals surface area contributed by atoms with E-state index in [1.54, 1.807) is 0 Å². The third kappa shape index (κ3) is 3.71. The van der Waals surface area contributed by atoms with Crippen molar-refractivity contribution in [3.8, 4) is 5.75 Å². The van der Waals surface area contributed by atoms with Gasteiger partial charge in [0.05, 0.1) is 5.02 Å². The molecule has 2 N–H and O–H groups in total. The van der Waals surface area contributed by atoms with Gasteiger partial charge in [-0.05, 0) is 50.3 Å². The first-order valence-corrected chi connectivity index (χ1v) is 7.93. The molecule has 0 aliphatic carbocycles. The van der Waals surface area contributed by atoms with Crippen molar-refractivity contribution >= 4 is 23.4 Å². The van der Waals surface area contributed by atoms with Crippen LogP contribution in [0.5, 0.6) is 5.75 Å². The molecule has 1 aromatic heterocycles. The molecule has 120 valence electrons. The lowest BCUT2D eigenvalue weighted by Gasteiger charge is -2.26. The first kappa shape index (κ1) is 15.6. The zero-order chi connectivity index (χ0) is 16.2. The van der Waals surface area contributed by atoms with Gasteiger partial charge in [0, 0.05) is 29.8 Å². The van der Waals surface area contributed by atoms with E-state index in [4.69, 9.17) is 16.3 Å². The Morgan fingerprint density at radius 1 is 1.39 bits per heavy atom. The maximum atomic E-state index is 6.21. The van der Waals surface area contributed by atoms with Crippen molar-refractivity contribution in [1.82, 2.24) is 9.88 Å². The molecule has 2 heterocycles. The molecule has 1 aromatic carbocycles. The Balaban J connectivity index is 1.74. The van der Waals surface area contributed by atoms with E-state index in [1.165, 1.54) is 5.57 Å².